The number of nitrogens with zero attached hydrogens (tertiary/aromatic N) is 2. The van der Waals surface area contributed by atoms with E-state index in [1.807, 2.05) is 13.0 Å². The van der Waals surface area contributed by atoms with Gasteiger partial charge in [0.25, 0.3) is 0 Å². The minimum atomic E-state index is -0.746. The van der Waals surface area contributed by atoms with Crippen LogP contribution in [0.1, 0.15) is 42.3 Å². The van der Waals surface area contributed by atoms with Gasteiger partial charge in [-0.15, -0.1) is 0 Å². The topological polar surface area (TPSA) is 53.4 Å². The van der Waals surface area contributed by atoms with Crippen molar-refractivity contribution in [1.29, 1.82) is 0 Å². The number of rotatable bonds is 4. The largest absolute Gasteiger partial charge is 0.481 e. The number of aryl methyl sites for hydroxylation is 2. The lowest BCUT2D eigenvalue weighted by molar-refractivity contribution is -0.136. The van der Waals surface area contributed by atoms with Crippen molar-refractivity contribution in [1.82, 2.24) is 9.88 Å². The molecular formula is C14H20N2O2. The van der Waals surface area contributed by atoms with Gasteiger partial charge in [-0.25, -0.2) is 0 Å². The van der Waals surface area contributed by atoms with E-state index in [0.717, 1.165) is 29.9 Å². The first-order valence-electron chi connectivity index (χ1n) is 6.46. The second kappa shape index (κ2) is 5.48. The van der Waals surface area contributed by atoms with Gasteiger partial charge in [0.05, 0.1) is 11.7 Å². The van der Waals surface area contributed by atoms with Crippen molar-refractivity contribution >= 4 is 5.97 Å². The molecule has 0 saturated carbocycles. The first-order valence-corrected chi connectivity index (χ1v) is 6.46. The number of aliphatic carboxylic acids is 1. The molecule has 18 heavy (non-hydrogen) atoms. The molecule has 1 aromatic heterocycles. The number of hydrogen-bond donors (Lipinski definition) is 1. The summed E-state index contributed by atoms with van der Waals surface area (Å²) in [5.74, 6) is -0.746. The third kappa shape index (κ3) is 3.07. The maximum Gasteiger partial charge on any atom is 0.303 e. The Bertz CT molecular complexity index is 445. The van der Waals surface area contributed by atoms with Crippen LogP contribution in [-0.2, 0) is 11.2 Å². The van der Waals surface area contributed by atoms with Gasteiger partial charge in [0.2, 0.25) is 0 Å². The van der Waals surface area contributed by atoms with E-state index >= 15 is 0 Å². The van der Waals surface area contributed by atoms with Crippen LogP contribution >= 0.6 is 0 Å². The fraction of sp³-hybridized carbons (Fsp3) is 0.571. The molecule has 1 aromatic rings. The van der Waals surface area contributed by atoms with Gasteiger partial charge in [-0.2, -0.15) is 0 Å². The molecule has 1 saturated heterocycles. The molecular weight excluding hydrogens is 228 g/mol. The number of hydrogen-bond acceptors (Lipinski definition) is 3. The van der Waals surface area contributed by atoms with Gasteiger partial charge in [-0.05, 0) is 57.5 Å². The number of carboxylic acid groups (broad SMARTS) is 1. The molecule has 0 radical (unpaired) electrons. The molecule has 2 rings (SSSR count). The maximum absolute atomic E-state index is 10.6. The Morgan fingerprint density at radius 2 is 2.33 bits per heavy atom. The molecule has 2 heterocycles. The lowest BCUT2D eigenvalue weighted by atomic mass is 10.0. The Kier molecular flexibility index (Phi) is 3.97. The van der Waals surface area contributed by atoms with E-state index in [0.29, 0.717) is 12.5 Å². The zero-order valence-corrected chi connectivity index (χ0v) is 11.0. The van der Waals surface area contributed by atoms with Crippen LogP contribution < -0.4 is 0 Å². The highest BCUT2D eigenvalue weighted by Gasteiger charge is 2.24. The normalized spacial score (nSPS) is 20.2. The van der Waals surface area contributed by atoms with E-state index in [9.17, 15) is 4.79 Å². The van der Waals surface area contributed by atoms with Crippen LogP contribution in [0, 0.1) is 6.92 Å². The van der Waals surface area contributed by atoms with Crippen LogP contribution in [0.15, 0.2) is 12.1 Å². The fourth-order valence-electron chi connectivity index (χ4n) is 2.62. The molecule has 98 valence electrons. The summed E-state index contributed by atoms with van der Waals surface area (Å²) in [6.07, 6.45) is 3.12. The minimum Gasteiger partial charge on any atom is -0.481 e. The number of aromatic nitrogens is 1. The van der Waals surface area contributed by atoms with E-state index < -0.39 is 5.97 Å². The van der Waals surface area contributed by atoms with Gasteiger partial charge in [-0.1, -0.05) is 0 Å². The summed E-state index contributed by atoms with van der Waals surface area (Å²) in [5.41, 5.74) is 3.16. The molecule has 0 aromatic carbocycles. The maximum atomic E-state index is 10.6. The summed E-state index contributed by atoms with van der Waals surface area (Å²) >= 11 is 0. The first-order chi connectivity index (χ1) is 8.56. The zero-order chi connectivity index (χ0) is 13.1. The highest BCUT2D eigenvalue weighted by atomic mass is 16.4. The lowest BCUT2D eigenvalue weighted by Gasteiger charge is -2.20. The van der Waals surface area contributed by atoms with Gasteiger partial charge in [0.15, 0.2) is 0 Å². The zero-order valence-electron chi connectivity index (χ0n) is 11.0. The van der Waals surface area contributed by atoms with Crippen molar-refractivity contribution in [2.45, 2.75) is 38.6 Å². The summed E-state index contributed by atoms with van der Waals surface area (Å²) in [6.45, 7) is 3.09. The fourth-order valence-corrected chi connectivity index (χ4v) is 2.62. The van der Waals surface area contributed by atoms with Crippen LogP contribution in [0.2, 0.25) is 0 Å². The Hall–Kier alpha value is -1.42. The molecule has 1 unspecified atom stereocenters. The summed E-state index contributed by atoms with van der Waals surface area (Å²) in [7, 11) is 2.12. The monoisotopic (exact) mass is 248 g/mol. The molecule has 1 aliphatic heterocycles. The van der Waals surface area contributed by atoms with Gasteiger partial charge >= 0.3 is 5.97 Å². The molecule has 1 atom stereocenters. The van der Waals surface area contributed by atoms with Crippen molar-refractivity contribution in [2.24, 2.45) is 0 Å². The SMILES string of the molecule is Cc1cc(CCC(=O)O)cc(C2CCCN2C)n1. The standard InChI is InChI=1S/C14H20N2O2/c1-10-8-11(5-6-14(17)18)9-12(15-10)13-4-3-7-16(13)2/h8-9,13H,3-7H2,1-2H3,(H,17,18). The van der Waals surface area contributed by atoms with E-state index in [-0.39, 0.29) is 6.42 Å². The van der Waals surface area contributed by atoms with E-state index in [1.165, 1.54) is 6.42 Å². The Morgan fingerprint density at radius 3 is 2.94 bits per heavy atom. The Morgan fingerprint density at radius 1 is 1.56 bits per heavy atom. The van der Waals surface area contributed by atoms with Crippen LogP contribution in [-0.4, -0.2) is 34.6 Å². The predicted molar refractivity (Wildman–Crippen MR) is 69.5 cm³/mol. The molecule has 1 N–H and O–H groups in total. The summed E-state index contributed by atoms with van der Waals surface area (Å²) < 4.78 is 0. The van der Waals surface area contributed by atoms with Crippen LogP contribution in [0.4, 0.5) is 0 Å². The van der Waals surface area contributed by atoms with Gasteiger partial charge < -0.3 is 5.11 Å². The van der Waals surface area contributed by atoms with Gasteiger partial charge in [-0.3, -0.25) is 14.7 Å². The summed E-state index contributed by atoms with van der Waals surface area (Å²) in [4.78, 5) is 17.6. The number of likely N-dealkylation sites (tertiary alicyclic amines) is 1. The molecule has 4 heteroatoms. The van der Waals surface area contributed by atoms with Crippen molar-refractivity contribution in [3.63, 3.8) is 0 Å². The second-order valence-electron chi connectivity index (χ2n) is 5.07. The molecule has 1 aliphatic rings. The smallest absolute Gasteiger partial charge is 0.303 e. The van der Waals surface area contributed by atoms with Crippen molar-refractivity contribution in [3.8, 4) is 0 Å². The van der Waals surface area contributed by atoms with Crippen molar-refractivity contribution in [2.75, 3.05) is 13.6 Å². The van der Waals surface area contributed by atoms with Gasteiger partial charge in [0.1, 0.15) is 0 Å². The van der Waals surface area contributed by atoms with Gasteiger partial charge in [0, 0.05) is 12.1 Å². The highest BCUT2D eigenvalue weighted by molar-refractivity contribution is 5.67. The van der Waals surface area contributed by atoms with E-state index in [1.54, 1.807) is 0 Å². The van der Waals surface area contributed by atoms with Crippen LogP contribution in [0.3, 0.4) is 0 Å². The minimum absolute atomic E-state index is 0.184. The Labute approximate surface area is 108 Å². The van der Waals surface area contributed by atoms with E-state index in [4.69, 9.17) is 5.11 Å². The summed E-state index contributed by atoms with van der Waals surface area (Å²) in [6, 6.07) is 4.46. The average molecular weight is 248 g/mol. The quantitative estimate of drug-likeness (QED) is 0.887. The van der Waals surface area contributed by atoms with Crippen LogP contribution in [0.25, 0.3) is 0 Å². The summed E-state index contributed by atoms with van der Waals surface area (Å²) in [5, 5.41) is 8.74. The lowest BCUT2D eigenvalue weighted by Crippen LogP contribution is -2.19. The highest BCUT2D eigenvalue weighted by Crippen LogP contribution is 2.29. The molecule has 1 fully saturated rings. The first kappa shape index (κ1) is 13.0. The van der Waals surface area contributed by atoms with Crippen LogP contribution in [0.5, 0.6) is 0 Å². The third-order valence-electron chi connectivity index (χ3n) is 3.52. The number of carboxylic acids is 1. The van der Waals surface area contributed by atoms with E-state index in [2.05, 4.69) is 23.0 Å². The molecule has 0 spiro atoms. The predicted octanol–water partition coefficient (Wildman–Crippen LogP) is 2.17. The molecule has 0 aliphatic carbocycles. The second-order valence-corrected chi connectivity index (χ2v) is 5.07. The average Bonchev–Trinajstić information content (AvgIpc) is 2.72. The van der Waals surface area contributed by atoms with Crippen molar-refractivity contribution in [3.05, 3.63) is 29.1 Å². The number of carbonyl (C=O) groups is 1. The Balaban J connectivity index is 2.18. The van der Waals surface area contributed by atoms with Crippen molar-refractivity contribution < 1.29 is 9.90 Å². The molecule has 0 amide bonds. The third-order valence-corrected chi connectivity index (χ3v) is 3.52. The molecule has 4 nitrogen and oxygen atoms in total. The number of pyridine rings is 1. The molecule has 0 bridgehead atoms.